The third-order valence-corrected chi connectivity index (χ3v) is 6.79. The Kier molecular flexibility index (Phi) is 7.02. The summed E-state index contributed by atoms with van der Waals surface area (Å²) in [4.78, 5) is 26.2. The first kappa shape index (κ1) is 24.7. The molecule has 0 bridgehead atoms. The molecule has 1 aromatic carbocycles. The Morgan fingerprint density at radius 3 is 2.62 bits per heavy atom. The van der Waals surface area contributed by atoms with Crippen LogP contribution in [0.3, 0.4) is 0 Å². The number of pyridine rings is 2. The molecule has 1 atom stereocenters. The van der Waals surface area contributed by atoms with Gasteiger partial charge in [-0.25, -0.2) is 4.98 Å². The van der Waals surface area contributed by atoms with E-state index < -0.39 is 0 Å². The molecular formula is C27H32N8O2. The van der Waals surface area contributed by atoms with E-state index in [1.807, 2.05) is 56.7 Å². The molecule has 0 spiro atoms. The minimum Gasteiger partial charge on any atom is -0.393 e. The fraction of sp³-hybridized carbons (Fsp3) is 0.333. The molecule has 4 aromatic rings. The van der Waals surface area contributed by atoms with Crippen LogP contribution in [0, 0.1) is 0 Å². The molecule has 10 nitrogen and oxygen atoms in total. The van der Waals surface area contributed by atoms with Crippen molar-refractivity contribution < 1.29 is 9.90 Å². The number of hydrogen-bond acceptors (Lipinski definition) is 8. The lowest BCUT2D eigenvalue weighted by atomic mass is 10.0. The average Bonchev–Trinajstić information content (AvgIpc) is 3.33. The summed E-state index contributed by atoms with van der Waals surface area (Å²) in [6, 6.07) is 11.6. The number of carbonyl (C=O) groups is 1. The SMILES string of the molecule is CC(Nc1cncc(-c2ccc3[nH]nc(C(=O)Nc4ccc(N5CCC(O)CC5)nc4)c3c2)c1)N(C)C. The first-order chi connectivity index (χ1) is 17.9. The van der Waals surface area contributed by atoms with Crippen molar-refractivity contribution >= 4 is 34.0 Å². The second kappa shape index (κ2) is 10.5. The highest BCUT2D eigenvalue weighted by Gasteiger charge is 2.19. The van der Waals surface area contributed by atoms with Crippen LogP contribution in [-0.4, -0.2) is 75.5 Å². The highest BCUT2D eigenvalue weighted by atomic mass is 16.3. The molecular weight excluding hydrogens is 468 g/mol. The van der Waals surface area contributed by atoms with Gasteiger partial charge in [-0.05, 0) is 69.8 Å². The number of aromatic nitrogens is 4. The van der Waals surface area contributed by atoms with Crippen LogP contribution < -0.4 is 15.5 Å². The van der Waals surface area contributed by atoms with Crippen LogP contribution in [0.4, 0.5) is 17.2 Å². The van der Waals surface area contributed by atoms with Crippen molar-refractivity contribution in [3.8, 4) is 11.1 Å². The number of aromatic amines is 1. The lowest BCUT2D eigenvalue weighted by Crippen LogP contribution is -2.36. The zero-order valence-corrected chi connectivity index (χ0v) is 21.3. The fourth-order valence-electron chi connectivity index (χ4n) is 4.35. The van der Waals surface area contributed by atoms with Crippen LogP contribution >= 0.6 is 0 Å². The number of rotatable bonds is 7. The predicted octanol–water partition coefficient (Wildman–Crippen LogP) is 3.55. The Morgan fingerprint density at radius 1 is 1.08 bits per heavy atom. The molecule has 4 N–H and O–H groups in total. The molecule has 1 amide bonds. The van der Waals surface area contributed by atoms with Crippen molar-refractivity contribution in [2.45, 2.75) is 32.0 Å². The van der Waals surface area contributed by atoms with E-state index in [1.165, 1.54) is 0 Å². The molecule has 1 saturated heterocycles. The summed E-state index contributed by atoms with van der Waals surface area (Å²) < 4.78 is 0. The normalized spacial score (nSPS) is 15.2. The number of amides is 1. The van der Waals surface area contributed by atoms with Gasteiger partial charge in [-0.15, -0.1) is 0 Å². The molecule has 1 aliphatic rings. The van der Waals surface area contributed by atoms with Crippen LogP contribution in [0.2, 0.25) is 0 Å². The standard InChI is InChI=1S/C27H32N8O2/c1-17(34(2)3)30-21-12-19(14-28-15-21)18-4-6-24-23(13-18)26(33-32-24)27(37)31-20-5-7-25(29-16-20)35-10-8-22(36)9-11-35/h4-7,12-17,22,30,36H,8-11H2,1-3H3,(H,31,37)(H,32,33). The lowest BCUT2D eigenvalue weighted by molar-refractivity contribution is 0.102. The molecule has 10 heteroatoms. The van der Waals surface area contributed by atoms with Crippen molar-refractivity contribution in [1.82, 2.24) is 25.1 Å². The van der Waals surface area contributed by atoms with Gasteiger partial charge in [0.15, 0.2) is 5.69 Å². The minimum atomic E-state index is -0.313. The Hall–Kier alpha value is -4.02. The van der Waals surface area contributed by atoms with E-state index in [0.29, 0.717) is 11.4 Å². The van der Waals surface area contributed by atoms with Crippen LogP contribution in [0.15, 0.2) is 55.0 Å². The maximum Gasteiger partial charge on any atom is 0.276 e. The van der Waals surface area contributed by atoms with Crippen LogP contribution in [0.5, 0.6) is 0 Å². The maximum absolute atomic E-state index is 13.1. The highest BCUT2D eigenvalue weighted by molar-refractivity contribution is 6.11. The Labute approximate surface area is 215 Å². The first-order valence-electron chi connectivity index (χ1n) is 12.4. The topological polar surface area (TPSA) is 122 Å². The second-order valence-electron chi connectivity index (χ2n) is 9.66. The number of hydrogen-bond donors (Lipinski definition) is 4. The van der Waals surface area contributed by atoms with Crippen LogP contribution in [0.25, 0.3) is 22.0 Å². The zero-order valence-electron chi connectivity index (χ0n) is 21.3. The quantitative estimate of drug-likeness (QED) is 0.284. The van der Waals surface area contributed by atoms with Crippen LogP contribution in [-0.2, 0) is 0 Å². The monoisotopic (exact) mass is 500 g/mol. The molecule has 1 unspecified atom stereocenters. The van der Waals surface area contributed by atoms with Crippen molar-refractivity contribution in [2.24, 2.45) is 0 Å². The molecule has 0 radical (unpaired) electrons. The molecule has 0 saturated carbocycles. The molecule has 37 heavy (non-hydrogen) atoms. The van der Waals surface area contributed by atoms with Gasteiger partial charge in [0.2, 0.25) is 0 Å². The summed E-state index contributed by atoms with van der Waals surface area (Å²) in [7, 11) is 4.03. The number of anilines is 3. The van der Waals surface area contributed by atoms with E-state index in [0.717, 1.165) is 59.5 Å². The second-order valence-corrected chi connectivity index (χ2v) is 9.66. The summed E-state index contributed by atoms with van der Waals surface area (Å²) in [5.74, 6) is 0.525. The average molecular weight is 501 g/mol. The number of H-pyrrole nitrogens is 1. The van der Waals surface area contributed by atoms with Crippen molar-refractivity contribution in [3.63, 3.8) is 0 Å². The first-order valence-corrected chi connectivity index (χ1v) is 12.4. The largest absolute Gasteiger partial charge is 0.393 e. The highest BCUT2D eigenvalue weighted by Crippen LogP contribution is 2.27. The van der Waals surface area contributed by atoms with Gasteiger partial charge in [-0.2, -0.15) is 5.10 Å². The van der Waals surface area contributed by atoms with Gasteiger partial charge >= 0.3 is 0 Å². The third-order valence-electron chi connectivity index (χ3n) is 6.79. The smallest absolute Gasteiger partial charge is 0.276 e. The Bertz CT molecular complexity index is 1380. The van der Waals surface area contributed by atoms with Gasteiger partial charge in [-0.3, -0.25) is 19.8 Å². The maximum atomic E-state index is 13.1. The number of carbonyl (C=O) groups excluding carboxylic acids is 1. The molecule has 192 valence electrons. The van der Waals surface area contributed by atoms with Gasteiger partial charge in [0, 0.05) is 30.2 Å². The fourth-order valence-corrected chi connectivity index (χ4v) is 4.35. The summed E-state index contributed by atoms with van der Waals surface area (Å²) in [6.45, 7) is 3.62. The van der Waals surface area contributed by atoms with Gasteiger partial charge in [0.25, 0.3) is 5.91 Å². The molecule has 1 aliphatic heterocycles. The van der Waals surface area contributed by atoms with Crippen molar-refractivity contribution in [1.29, 1.82) is 0 Å². The van der Waals surface area contributed by atoms with Crippen molar-refractivity contribution in [2.75, 3.05) is 42.7 Å². The number of benzene rings is 1. The van der Waals surface area contributed by atoms with E-state index in [9.17, 15) is 9.90 Å². The van der Waals surface area contributed by atoms with E-state index in [-0.39, 0.29) is 18.2 Å². The lowest BCUT2D eigenvalue weighted by Gasteiger charge is -2.30. The number of nitrogens with one attached hydrogen (secondary N) is 3. The van der Waals surface area contributed by atoms with E-state index >= 15 is 0 Å². The Morgan fingerprint density at radius 2 is 1.89 bits per heavy atom. The number of aliphatic hydroxyl groups is 1. The molecule has 1 fully saturated rings. The van der Waals surface area contributed by atoms with Gasteiger partial charge < -0.3 is 20.6 Å². The number of nitrogens with zero attached hydrogens (tertiary/aromatic N) is 5. The molecule has 4 heterocycles. The third kappa shape index (κ3) is 5.55. The number of aliphatic hydroxyl groups excluding tert-OH is 1. The van der Waals surface area contributed by atoms with Gasteiger partial charge in [0.1, 0.15) is 5.82 Å². The number of fused-ring (bicyclic) bond motifs is 1. The summed E-state index contributed by atoms with van der Waals surface area (Å²) >= 11 is 0. The molecule has 3 aromatic heterocycles. The molecule has 0 aliphatic carbocycles. The number of piperidine rings is 1. The molecule has 5 rings (SSSR count). The predicted molar refractivity (Wildman–Crippen MR) is 146 cm³/mol. The zero-order chi connectivity index (χ0) is 25.9. The van der Waals surface area contributed by atoms with Crippen molar-refractivity contribution in [3.05, 3.63) is 60.7 Å². The van der Waals surface area contributed by atoms with E-state index in [1.54, 1.807) is 12.4 Å². The summed E-state index contributed by atoms with van der Waals surface area (Å²) in [6.07, 6.45) is 6.65. The van der Waals surface area contributed by atoms with Gasteiger partial charge in [0.05, 0.1) is 41.6 Å². The van der Waals surface area contributed by atoms with E-state index in [4.69, 9.17) is 0 Å². The Balaban J connectivity index is 1.33. The summed E-state index contributed by atoms with van der Waals surface area (Å²) in [5.41, 5.74) is 4.48. The summed E-state index contributed by atoms with van der Waals surface area (Å²) in [5, 5.41) is 24.0. The van der Waals surface area contributed by atoms with Gasteiger partial charge in [-0.1, -0.05) is 6.07 Å². The minimum absolute atomic E-state index is 0.153. The van der Waals surface area contributed by atoms with Crippen LogP contribution in [0.1, 0.15) is 30.3 Å². The van der Waals surface area contributed by atoms with E-state index in [2.05, 4.69) is 47.5 Å².